The van der Waals surface area contributed by atoms with E-state index < -0.39 is 4.92 Å². The highest BCUT2D eigenvalue weighted by molar-refractivity contribution is 5.14. The van der Waals surface area contributed by atoms with E-state index in [1.807, 2.05) is 30.3 Å². The molecule has 2 aromatic rings. The molecular weight excluding hydrogens is 234 g/mol. The van der Waals surface area contributed by atoms with Crippen LogP contribution in [0.4, 0.5) is 5.82 Å². The normalized spacial score (nSPS) is 10.4. The van der Waals surface area contributed by atoms with Gasteiger partial charge in [-0.05, 0) is 10.5 Å². The van der Waals surface area contributed by atoms with Gasteiger partial charge in [0.25, 0.3) is 0 Å². The zero-order valence-corrected chi connectivity index (χ0v) is 9.73. The summed E-state index contributed by atoms with van der Waals surface area (Å²) in [6.45, 7) is 1.33. The zero-order chi connectivity index (χ0) is 12.8. The molecule has 0 spiro atoms. The van der Waals surface area contributed by atoms with Crippen LogP contribution in [-0.2, 0) is 17.9 Å². The molecule has 0 amide bonds. The fourth-order valence-corrected chi connectivity index (χ4v) is 1.57. The molecule has 0 N–H and O–H groups in total. The SMILES string of the molecule is O=[N+]([O-])c1cncn1CCOCc1ccccc1. The second-order valence-electron chi connectivity index (χ2n) is 3.74. The molecule has 0 saturated carbocycles. The standard InChI is InChI=1S/C12H13N3O3/c16-15(17)12-8-13-10-14(12)6-7-18-9-11-4-2-1-3-5-11/h1-5,8,10H,6-7,9H2. The summed E-state index contributed by atoms with van der Waals surface area (Å²) in [7, 11) is 0. The van der Waals surface area contributed by atoms with Gasteiger partial charge in [0.2, 0.25) is 0 Å². The lowest BCUT2D eigenvalue weighted by atomic mass is 10.2. The van der Waals surface area contributed by atoms with Crippen LogP contribution >= 0.6 is 0 Å². The Kier molecular flexibility index (Phi) is 4.03. The first-order valence-electron chi connectivity index (χ1n) is 5.53. The van der Waals surface area contributed by atoms with Crippen LogP contribution in [0.2, 0.25) is 0 Å². The van der Waals surface area contributed by atoms with Gasteiger partial charge in [0.05, 0.1) is 13.2 Å². The molecule has 1 aromatic carbocycles. The monoisotopic (exact) mass is 247 g/mol. The average molecular weight is 247 g/mol. The maximum Gasteiger partial charge on any atom is 0.342 e. The summed E-state index contributed by atoms with van der Waals surface area (Å²) in [4.78, 5) is 13.9. The summed E-state index contributed by atoms with van der Waals surface area (Å²) < 4.78 is 6.92. The highest BCUT2D eigenvalue weighted by Gasteiger charge is 2.11. The van der Waals surface area contributed by atoms with Crippen molar-refractivity contribution in [2.24, 2.45) is 0 Å². The minimum absolute atomic E-state index is 0.0155. The molecule has 6 heteroatoms. The zero-order valence-electron chi connectivity index (χ0n) is 9.73. The van der Waals surface area contributed by atoms with E-state index in [1.165, 1.54) is 17.1 Å². The topological polar surface area (TPSA) is 70.2 Å². The van der Waals surface area contributed by atoms with E-state index in [4.69, 9.17) is 4.74 Å². The van der Waals surface area contributed by atoms with Crippen molar-refractivity contribution in [3.8, 4) is 0 Å². The summed E-state index contributed by atoms with van der Waals surface area (Å²) in [6, 6.07) is 9.77. The molecule has 18 heavy (non-hydrogen) atoms. The third-order valence-electron chi connectivity index (χ3n) is 2.47. The molecule has 0 aliphatic heterocycles. The molecule has 0 aliphatic carbocycles. The van der Waals surface area contributed by atoms with E-state index in [9.17, 15) is 10.1 Å². The fourth-order valence-electron chi connectivity index (χ4n) is 1.57. The lowest BCUT2D eigenvalue weighted by Gasteiger charge is -2.03. The first kappa shape index (κ1) is 12.3. The third kappa shape index (κ3) is 3.14. The van der Waals surface area contributed by atoms with Gasteiger partial charge < -0.3 is 14.9 Å². The molecule has 0 atom stereocenters. The van der Waals surface area contributed by atoms with E-state index in [-0.39, 0.29) is 5.82 Å². The van der Waals surface area contributed by atoms with Crippen molar-refractivity contribution in [2.75, 3.05) is 6.61 Å². The predicted octanol–water partition coefficient (Wildman–Crippen LogP) is 2.01. The number of rotatable bonds is 6. The summed E-state index contributed by atoms with van der Waals surface area (Å²) in [5.41, 5.74) is 1.08. The Labute approximate surface area is 104 Å². The molecular formula is C12H13N3O3. The average Bonchev–Trinajstić information content (AvgIpc) is 2.84. The van der Waals surface area contributed by atoms with Gasteiger partial charge in [0, 0.05) is 0 Å². The Balaban J connectivity index is 1.79. The van der Waals surface area contributed by atoms with Gasteiger partial charge in [-0.25, -0.2) is 9.55 Å². The predicted molar refractivity (Wildman–Crippen MR) is 65.0 cm³/mol. The highest BCUT2D eigenvalue weighted by Crippen LogP contribution is 2.09. The Bertz CT molecular complexity index is 510. The van der Waals surface area contributed by atoms with Crippen molar-refractivity contribution < 1.29 is 9.66 Å². The van der Waals surface area contributed by atoms with Gasteiger partial charge in [-0.15, -0.1) is 0 Å². The lowest BCUT2D eigenvalue weighted by molar-refractivity contribution is -0.392. The Morgan fingerprint density at radius 2 is 2.11 bits per heavy atom. The molecule has 1 heterocycles. The van der Waals surface area contributed by atoms with E-state index in [0.717, 1.165) is 5.56 Å². The van der Waals surface area contributed by atoms with Crippen LogP contribution < -0.4 is 0 Å². The molecule has 94 valence electrons. The van der Waals surface area contributed by atoms with Crippen LogP contribution in [0.15, 0.2) is 42.9 Å². The van der Waals surface area contributed by atoms with Gasteiger partial charge in [0.1, 0.15) is 12.7 Å². The molecule has 0 bridgehead atoms. The minimum Gasteiger partial charge on any atom is -0.373 e. The highest BCUT2D eigenvalue weighted by atomic mass is 16.6. The Morgan fingerprint density at radius 3 is 2.83 bits per heavy atom. The molecule has 6 nitrogen and oxygen atoms in total. The van der Waals surface area contributed by atoms with Crippen molar-refractivity contribution >= 4 is 5.82 Å². The van der Waals surface area contributed by atoms with Gasteiger partial charge >= 0.3 is 5.82 Å². The van der Waals surface area contributed by atoms with E-state index >= 15 is 0 Å². The number of ether oxygens (including phenoxy) is 1. The first-order chi connectivity index (χ1) is 8.77. The summed E-state index contributed by atoms with van der Waals surface area (Å²) in [5, 5.41) is 10.6. The molecule has 0 radical (unpaired) electrons. The fraction of sp³-hybridized carbons (Fsp3) is 0.250. The van der Waals surface area contributed by atoms with Crippen molar-refractivity contribution in [3.05, 3.63) is 58.5 Å². The second-order valence-corrected chi connectivity index (χ2v) is 3.74. The van der Waals surface area contributed by atoms with Crippen LogP contribution in [0.3, 0.4) is 0 Å². The van der Waals surface area contributed by atoms with Crippen LogP contribution in [0.5, 0.6) is 0 Å². The number of nitro groups is 1. The third-order valence-corrected chi connectivity index (χ3v) is 2.47. The molecule has 0 fully saturated rings. The molecule has 1 aromatic heterocycles. The number of nitrogens with zero attached hydrogens (tertiary/aromatic N) is 3. The number of hydrogen-bond acceptors (Lipinski definition) is 4. The quantitative estimate of drug-likeness (QED) is 0.444. The van der Waals surface area contributed by atoms with Crippen LogP contribution in [0.1, 0.15) is 5.56 Å². The van der Waals surface area contributed by atoms with Crippen LogP contribution in [0.25, 0.3) is 0 Å². The van der Waals surface area contributed by atoms with E-state index in [0.29, 0.717) is 19.8 Å². The van der Waals surface area contributed by atoms with Crippen LogP contribution in [0, 0.1) is 10.1 Å². The second kappa shape index (κ2) is 5.92. The summed E-state index contributed by atoms with van der Waals surface area (Å²) in [6.07, 6.45) is 2.67. The maximum atomic E-state index is 10.6. The van der Waals surface area contributed by atoms with E-state index in [1.54, 1.807) is 0 Å². The lowest BCUT2D eigenvalue weighted by Crippen LogP contribution is -2.07. The van der Waals surface area contributed by atoms with Crippen molar-refractivity contribution in [1.82, 2.24) is 9.55 Å². The van der Waals surface area contributed by atoms with Crippen molar-refractivity contribution in [1.29, 1.82) is 0 Å². The van der Waals surface area contributed by atoms with Crippen molar-refractivity contribution in [3.63, 3.8) is 0 Å². The van der Waals surface area contributed by atoms with Gasteiger partial charge in [-0.3, -0.25) is 0 Å². The number of imidazole rings is 1. The summed E-state index contributed by atoms with van der Waals surface area (Å²) >= 11 is 0. The van der Waals surface area contributed by atoms with Crippen molar-refractivity contribution in [2.45, 2.75) is 13.2 Å². The molecule has 0 unspecified atom stereocenters. The van der Waals surface area contributed by atoms with Crippen LogP contribution in [-0.4, -0.2) is 21.1 Å². The Hall–Kier alpha value is -2.21. The van der Waals surface area contributed by atoms with Gasteiger partial charge in [-0.2, -0.15) is 0 Å². The van der Waals surface area contributed by atoms with E-state index in [2.05, 4.69) is 4.98 Å². The van der Waals surface area contributed by atoms with Gasteiger partial charge in [-0.1, -0.05) is 30.3 Å². The molecule has 0 saturated heterocycles. The molecule has 2 rings (SSSR count). The smallest absolute Gasteiger partial charge is 0.342 e. The number of aromatic nitrogens is 2. The number of hydrogen-bond donors (Lipinski definition) is 0. The maximum absolute atomic E-state index is 10.6. The minimum atomic E-state index is -0.454. The van der Waals surface area contributed by atoms with Gasteiger partial charge in [0.15, 0.2) is 6.33 Å². The first-order valence-corrected chi connectivity index (χ1v) is 5.53. The largest absolute Gasteiger partial charge is 0.373 e. The Morgan fingerprint density at radius 1 is 1.33 bits per heavy atom. The number of benzene rings is 1. The summed E-state index contributed by atoms with van der Waals surface area (Å²) in [5.74, 6) is -0.0155. The molecule has 0 aliphatic rings.